The van der Waals surface area contributed by atoms with Crippen LogP contribution in [-0.4, -0.2) is 27.0 Å². The van der Waals surface area contributed by atoms with Crippen LogP contribution < -0.4 is 4.74 Å². The van der Waals surface area contributed by atoms with Gasteiger partial charge in [0.2, 0.25) is 5.78 Å². The minimum absolute atomic E-state index is 0.000419. The number of benzene rings is 2. The number of aliphatic carboxylic acids is 1. The summed E-state index contributed by atoms with van der Waals surface area (Å²) in [5.41, 5.74) is 3.13. The fourth-order valence-corrected chi connectivity index (χ4v) is 3.36. The third kappa shape index (κ3) is 5.55. The number of hydrogen-bond donors (Lipinski definition) is 1. The van der Waals surface area contributed by atoms with Crippen molar-refractivity contribution in [3.8, 4) is 5.75 Å². The lowest BCUT2D eigenvalue weighted by molar-refractivity contribution is -0.152. The van der Waals surface area contributed by atoms with E-state index in [1.807, 2.05) is 72.3 Å². The van der Waals surface area contributed by atoms with E-state index in [1.165, 1.54) is 19.4 Å². The molecule has 2 aromatic carbocycles. The number of carboxylic acid groups (broad SMARTS) is 1. The summed E-state index contributed by atoms with van der Waals surface area (Å²) < 4.78 is 7.54. The van der Waals surface area contributed by atoms with Crippen LogP contribution in [-0.2, 0) is 17.8 Å². The molecule has 5 nitrogen and oxygen atoms in total. The minimum Gasteiger partial charge on any atom is -0.478 e. The van der Waals surface area contributed by atoms with Crippen LogP contribution in [0.2, 0.25) is 0 Å². The fourth-order valence-electron chi connectivity index (χ4n) is 3.36. The molecule has 1 heterocycles. The van der Waals surface area contributed by atoms with E-state index in [-0.39, 0.29) is 5.78 Å². The van der Waals surface area contributed by atoms with Crippen LogP contribution in [0.15, 0.2) is 66.9 Å². The zero-order chi connectivity index (χ0) is 23.3. The number of nitrogens with zero attached hydrogens (tertiary/aromatic N) is 1. The van der Waals surface area contributed by atoms with Crippen molar-refractivity contribution in [3.63, 3.8) is 0 Å². The van der Waals surface area contributed by atoms with E-state index in [1.54, 1.807) is 12.1 Å². The van der Waals surface area contributed by atoms with Crippen molar-refractivity contribution in [2.75, 3.05) is 0 Å². The molecule has 1 N–H and O–H groups in total. The summed E-state index contributed by atoms with van der Waals surface area (Å²) in [6.07, 6.45) is 6.81. The predicted octanol–water partition coefficient (Wildman–Crippen LogP) is 5.55. The Hall–Kier alpha value is -3.60. The van der Waals surface area contributed by atoms with E-state index in [0.29, 0.717) is 23.6 Å². The molecule has 0 bridgehead atoms. The summed E-state index contributed by atoms with van der Waals surface area (Å²) in [5, 5.41) is 9.25. The number of carbonyl (C=O) groups excluding carboxylic acids is 1. The van der Waals surface area contributed by atoms with Crippen molar-refractivity contribution in [2.45, 2.75) is 46.3 Å². The number of carboxylic acids is 1. The molecule has 0 radical (unpaired) electrons. The Bertz CT molecular complexity index is 1140. The second-order valence-corrected chi connectivity index (χ2v) is 8.33. The van der Waals surface area contributed by atoms with Gasteiger partial charge >= 0.3 is 5.97 Å². The third-order valence-corrected chi connectivity index (χ3v) is 5.25. The van der Waals surface area contributed by atoms with Gasteiger partial charge in [0.1, 0.15) is 5.75 Å². The van der Waals surface area contributed by atoms with Gasteiger partial charge in [-0.3, -0.25) is 4.79 Å². The molecule has 32 heavy (non-hydrogen) atoms. The standard InChI is InChI=1S/C27H29NO4/c1-5-20-11-13-22(14-12-20)25(29)24-16-19(2)18-28(24)15-7-9-21-8-6-10-23(17-21)32-27(3,4)26(30)31/h6-14,16-18H,5,15H2,1-4H3,(H,30,31)/b9-7+. The zero-order valence-corrected chi connectivity index (χ0v) is 19.0. The van der Waals surface area contributed by atoms with Gasteiger partial charge in [-0.25, -0.2) is 4.79 Å². The van der Waals surface area contributed by atoms with E-state index in [2.05, 4.69) is 6.92 Å². The van der Waals surface area contributed by atoms with E-state index in [0.717, 1.165) is 17.5 Å². The molecule has 3 aromatic rings. The highest BCUT2D eigenvalue weighted by Crippen LogP contribution is 2.21. The first kappa shape index (κ1) is 23.1. The van der Waals surface area contributed by atoms with Crippen LogP contribution >= 0.6 is 0 Å². The number of allylic oxidation sites excluding steroid dienone is 1. The van der Waals surface area contributed by atoms with Gasteiger partial charge in [-0.05, 0) is 62.1 Å². The number of carbonyl (C=O) groups is 2. The lowest BCUT2D eigenvalue weighted by Crippen LogP contribution is -2.37. The molecule has 3 rings (SSSR count). The average molecular weight is 432 g/mol. The molecule has 0 aliphatic rings. The highest BCUT2D eigenvalue weighted by molar-refractivity contribution is 6.08. The van der Waals surface area contributed by atoms with Gasteiger partial charge in [-0.15, -0.1) is 0 Å². The van der Waals surface area contributed by atoms with Gasteiger partial charge in [-0.2, -0.15) is 0 Å². The molecule has 0 aliphatic heterocycles. The molecular formula is C27H29NO4. The Morgan fingerprint density at radius 3 is 2.47 bits per heavy atom. The van der Waals surface area contributed by atoms with Crippen molar-refractivity contribution >= 4 is 17.8 Å². The first-order valence-corrected chi connectivity index (χ1v) is 10.7. The van der Waals surface area contributed by atoms with E-state index in [9.17, 15) is 14.7 Å². The Balaban J connectivity index is 1.74. The van der Waals surface area contributed by atoms with Crippen LogP contribution in [0.5, 0.6) is 5.75 Å². The second kappa shape index (κ2) is 9.69. The summed E-state index contributed by atoms with van der Waals surface area (Å²) >= 11 is 0. The van der Waals surface area contributed by atoms with Crippen LogP contribution in [0.25, 0.3) is 6.08 Å². The smallest absolute Gasteiger partial charge is 0.347 e. The summed E-state index contributed by atoms with van der Waals surface area (Å²) in [6.45, 7) is 7.63. The molecule has 0 amide bonds. The van der Waals surface area contributed by atoms with E-state index < -0.39 is 11.6 Å². The monoisotopic (exact) mass is 431 g/mol. The van der Waals surface area contributed by atoms with Crippen molar-refractivity contribution in [1.82, 2.24) is 4.57 Å². The second-order valence-electron chi connectivity index (χ2n) is 8.33. The topological polar surface area (TPSA) is 68.5 Å². The Morgan fingerprint density at radius 2 is 1.81 bits per heavy atom. The first-order valence-electron chi connectivity index (χ1n) is 10.7. The molecular weight excluding hydrogens is 402 g/mol. The third-order valence-electron chi connectivity index (χ3n) is 5.25. The minimum atomic E-state index is -1.31. The average Bonchev–Trinajstić information content (AvgIpc) is 3.13. The first-order chi connectivity index (χ1) is 15.2. The zero-order valence-electron chi connectivity index (χ0n) is 19.0. The van der Waals surface area contributed by atoms with Gasteiger partial charge in [-0.1, -0.05) is 55.5 Å². The fraction of sp³-hybridized carbons (Fsp3) is 0.259. The van der Waals surface area contributed by atoms with Gasteiger partial charge in [0, 0.05) is 18.3 Å². The van der Waals surface area contributed by atoms with Gasteiger partial charge in [0.15, 0.2) is 5.60 Å². The van der Waals surface area contributed by atoms with Crippen LogP contribution in [0.3, 0.4) is 0 Å². The molecule has 0 aliphatic carbocycles. The lowest BCUT2D eigenvalue weighted by atomic mass is 10.0. The molecule has 0 atom stereocenters. The quantitative estimate of drug-likeness (QED) is 0.451. The van der Waals surface area contributed by atoms with Crippen LogP contribution in [0.4, 0.5) is 0 Å². The molecule has 1 aromatic heterocycles. The number of ketones is 1. The number of rotatable bonds is 9. The molecule has 0 saturated carbocycles. The number of aryl methyl sites for hydroxylation is 2. The Kier molecular flexibility index (Phi) is 6.98. The summed E-state index contributed by atoms with van der Waals surface area (Å²) in [5.74, 6) is -0.536. The van der Waals surface area contributed by atoms with Crippen molar-refractivity contribution in [2.24, 2.45) is 0 Å². The number of hydrogen-bond acceptors (Lipinski definition) is 3. The summed E-state index contributed by atoms with van der Waals surface area (Å²) in [6, 6.07) is 16.9. The van der Waals surface area contributed by atoms with E-state index in [4.69, 9.17) is 4.74 Å². The maximum atomic E-state index is 13.0. The molecule has 0 fully saturated rings. The van der Waals surface area contributed by atoms with Gasteiger partial charge < -0.3 is 14.4 Å². The van der Waals surface area contributed by atoms with Gasteiger partial charge in [0.05, 0.1) is 5.69 Å². The maximum absolute atomic E-state index is 13.0. The largest absolute Gasteiger partial charge is 0.478 e. The maximum Gasteiger partial charge on any atom is 0.347 e. The Labute approximate surface area is 189 Å². The molecule has 166 valence electrons. The van der Waals surface area contributed by atoms with E-state index >= 15 is 0 Å². The molecule has 0 unspecified atom stereocenters. The molecule has 5 heteroatoms. The predicted molar refractivity (Wildman–Crippen MR) is 126 cm³/mol. The van der Waals surface area contributed by atoms with Crippen LogP contribution in [0.1, 0.15) is 53.5 Å². The van der Waals surface area contributed by atoms with Crippen molar-refractivity contribution in [1.29, 1.82) is 0 Å². The molecule has 0 spiro atoms. The normalized spacial score (nSPS) is 11.6. The van der Waals surface area contributed by atoms with Crippen LogP contribution in [0, 0.1) is 6.92 Å². The number of ether oxygens (including phenoxy) is 1. The van der Waals surface area contributed by atoms with Crippen molar-refractivity contribution < 1.29 is 19.4 Å². The SMILES string of the molecule is CCc1ccc(C(=O)c2cc(C)cn2C/C=C/c2cccc(OC(C)(C)C(=O)O)c2)cc1. The highest BCUT2D eigenvalue weighted by atomic mass is 16.5. The lowest BCUT2D eigenvalue weighted by Gasteiger charge is -2.21. The summed E-state index contributed by atoms with van der Waals surface area (Å²) in [4.78, 5) is 24.3. The van der Waals surface area contributed by atoms with Crippen molar-refractivity contribution in [3.05, 3.63) is 94.8 Å². The van der Waals surface area contributed by atoms with Gasteiger partial charge in [0.25, 0.3) is 0 Å². The molecule has 0 saturated heterocycles. The highest BCUT2D eigenvalue weighted by Gasteiger charge is 2.29. The number of aromatic nitrogens is 1. The summed E-state index contributed by atoms with van der Waals surface area (Å²) in [7, 11) is 0. The Morgan fingerprint density at radius 1 is 1.09 bits per heavy atom.